The summed E-state index contributed by atoms with van der Waals surface area (Å²) in [5.74, 6) is 0.531. The highest BCUT2D eigenvalue weighted by atomic mass is 16.6. The van der Waals surface area contributed by atoms with Crippen molar-refractivity contribution >= 4 is 5.69 Å². The number of nitro benzene ring substituents is 1. The zero-order chi connectivity index (χ0) is 13.5. The van der Waals surface area contributed by atoms with Crippen LogP contribution in [0.2, 0.25) is 0 Å². The van der Waals surface area contributed by atoms with Gasteiger partial charge in [-0.3, -0.25) is 10.1 Å². The topological polar surface area (TPSA) is 97.4 Å². The normalized spacial score (nSPS) is 11.4. The number of likely N-dealkylation sites (N-methyl/N-ethyl adjacent to an activating group) is 1. The zero-order valence-electron chi connectivity index (χ0n) is 10.0. The Morgan fingerprint density at radius 2 is 2.33 bits per heavy atom. The standard InChI is InChI=1S/C11H13N3O4/c1-13-8(6-12)7-18-11-5-9(17-2)3-4-10(11)14(15)16/h3-5,8,13H,7H2,1-2H3. The van der Waals surface area contributed by atoms with Crippen molar-refractivity contribution < 1.29 is 14.4 Å². The predicted molar refractivity (Wildman–Crippen MR) is 63.6 cm³/mol. The van der Waals surface area contributed by atoms with Gasteiger partial charge in [-0.25, -0.2) is 0 Å². The SMILES string of the molecule is CNC(C#N)COc1cc(OC)ccc1[N+](=O)[O-]. The van der Waals surface area contributed by atoms with Crippen molar-refractivity contribution in [3.63, 3.8) is 0 Å². The second kappa shape index (κ2) is 6.42. The Balaban J connectivity index is 2.91. The molecule has 1 atom stereocenters. The van der Waals surface area contributed by atoms with E-state index < -0.39 is 11.0 Å². The zero-order valence-corrected chi connectivity index (χ0v) is 10.0. The third-order valence-electron chi connectivity index (χ3n) is 2.27. The van der Waals surface area contributed by atoms with Crippen LogP contribution in [0.1, 0.15) is 0 Å². The van der Waals surface area contributed by atoms with E-state index in [1.165, 1.54) is 25.3 Å². The second-order valence-electron chi connectivity index (χ2n) is 3.37. The molecule has 0 amide bonds. The summed E-state index contributed by atoms with van der Waals surface area (Å²) in [5.41, 5.74) is -0.163. The van der Waals surface area contributed by atoms with Gasteiger partial charge in [-0.15, -0.1) is 0 Å². The van der Waals surface area contributed by atoms with Crippen LogP contribution in [0, 0.1) is 21.4 Å². The third-order valence-corrected chi connectivity index (χ3v) is 2.27. The van der Waals surface area contributed by atoms with E-state index in [1.54, 1.807) is 7.05 Å². The van der Waals surface area contributed by atoms with Gasteiger partial charge in [-0.05, 0) is 13.1 Å². The number of benzene rings is 1. The van der Waals surface area contributed by atoms with Crippen LogP contribution in [0.5, 0.6) is 11.5 Å². The Hall–Kier alpha value is -2.33. The molecule has 1 N–H and O–H groups in total. The Morgan fingerprint density at radius 1 is 1.61 bits per heavy atom. The second-order valence-corrected chi connectivity index (χ2v) is 3.37. The van der Waals surface area contributed by atoms with E-state index in [2.05, 4.69) is 5.32 Å². The molecule has 0 aliphatic carbocycles. The lowest BCUT2D eigenvalue weighted by molar-refractivity contribution is -0.385. The molecule has 1 aromatic carbocycles. The van der Waals surface area contributed by atoms with E-state index in [1.807, 2.05) is 6.07 Å². The van der Waals surface area contributed by atoms with Gasteiger partial charge in [-0.2, -0.15) is 5.26 Å². The predicted octanol–water partition coefficient (Wildman–Crippen LogP) is 1.09. The van der Waals surface area contributed by atoms with Crippen LogP contribution in [-0.2, 0) is 0 Å². The van der Waals surface area contributed by atoms with Gasteiger partial charge in [0.1, 0.15) is 18.4 Å². The summed E-state index contributed by atoms with van der Waals surface area (Å²) in [6.45, 7) is 0.0149. The number of hydrogen-bond acceptors (Lipinski definition) is 6. The molecule has 7 heteroatoms. The maximum Gasteiger partial charge on any atom is 0.311 e. The van der Waals surface area contributed by atoms with E-state index >= 15 is 0 Å². The van der Waals surface area contributed by atoms with Crippen LogP contribution in [0.15, 0.2) is 18.2 Å². The van der Waals surface area contributed by atoms with Gasteiger partial charge in [0, 0.05) is 12.1 Å². The van der Waals surface area contributed by atoms with Crippen molar-refractivity contribution in [1.29, 1.82) is 5.26 Å². The maximum absolute atomic E-state index is 10.8. The van der Waals surface area contributed by atoms with Crippen molar-refractivity contribution in [2.45, 2.75) is 6.04 Å². The van der Waals surface area contributed by atoms with Crippen LogP contribution in [0.3, 0.4) is 0 Å². The van der Waals surface area contributed by atoms with Gasteiger partial charge >= 0.3 is 5.69 Å². The summed E-state index contributed by atoms with van der Waals surface area (Å²) in [7, 11) is 3.06. The highest BCUT2D eigenvalue weighted by Crippen LogP contribution is 2.31. The quantitative estimate of drug-likeness (QED) is 0.600. The first-order valence-electron chi connectivity index (χ1n) is 5.14. The van der Waals surface area contributed by atoms with Crippen LogP contribution in [0.4, 0.5) is 5.69 Å². The molecule has 0 saturated carbocycles. The third kappa shape index (κ3) is 3.33. The summed E-state index contributed by atoms with van der Waals surface area (Å²) >= 11 is 0. The van der Waals surface area contributed by atoms with Crippen molar-refractivity contribution in [2.75, 3.05) is 20.8 Å². The van der Waals surface area contributed by atoms with Gasteiger partial charge in [0.15, 0.2) is 0 Å². The first-order valence-corrected chi connectivity index (χ1v) is 5.14. The highest BCUT2D eigenvalue weighted by molar-refractivity contribution is 5.50. The van der Waals surface area contributed by atoms with Crippen molar-refractivity contribution in [1.82, 2.24) is 5.32 Å². The smallest absolute Gasteiger partial charge is 0.311 e. The summed E-state index contributed by atoms with van der Waals surface area (Å²) in [6.07, 6.45) is 0. The first-order chi connectivity index (χ1) is 8.62. The molecule has 1 aromatic rings. The molecule has 0 aliphatic heterocycles. The first kappa shape index (κ1) is 13.7. The largest absolute Gasteiger partial charge is 0.497 e. The van der Waals surface area contributed by atoms with Gasteiger partial charge in [0.05, 0.1) is 18.1 Å². The van der Waals surface area contributed by atoms with E-state index in [-0.39, 0.29) is 18.0 Å². The minimum atomic E-state index is -0.546. The van der Waals surface area contributed by atoms with Crippen LogP contribution in [0.25, 0.3) is 0 Å². The van der Waals surface area contributed by atoms with Crippen LogP contribution in [-0.4, -0.2) is 31.7 Å². The Morgan fingerprint density at radius 3 is 2.83 bits per heavy atom. The summed E-state index contributed by atoms with van der Waals surface area (Å²) in [4.78, 5) is 10.3. The molecule has 1 unspecified atom stereocenters. The number of nitro groups is 1. The lowest BCUT2D eigenvalue weighted by Gasteiger charge is -2.11. The van der Waals surface area contributed by atoms with E-state index in [0.29, 0.717) is 5.75 Å². The molecule has 0 radical (unpaired) electrons. The number of rotatable bonds is 6. The van der Waals surface area contributed by atoms with Crippen LogP contribution >= 0.6 is 0 Å². The minimum absolute atomic E-state index is 0.0149. The molecule has 0 aromatic heterocycles. The number of methoxy groups -OCH3 is 1. The number of nitriles is 1. The average Bonchev–Trinajstić information content (AvgIpc) is 2.39. The molecule has 1 rings (SSSR count). The average molecular weight is 251 g/mol. The lowest BCUT2D eigenvalue weighted by atomic mass is 10.2. The van der Waals surface area contributed by atoms with Gasteiger partial charge in [-0.1, -0.05) is 0 Å². The van der Waals surface area contributed by atoms with E-state index in [4.69, 9.17) is 14.7 Å². The fourth-order valence-electron chi connectivity index (χ4n) is 1.25. The molecular formula is C11H13N3O4. The fourth-order valence-corrected chi connectivity index (χ4v) is 1.25. The molecule has 0 spiro atoms. The van der Waals surface area contributed by atoms with Crippen molar-refractivity contribution in [2.24, 2.45) is 0 Å². The van der Waals surface area contributed by atoms with Gasteiger partial charge < -0.3 is 14.8 Å². The molecule has 96 valence electrons. The summed E-state index contributed by atoms with van der Waals surface area (Å²) < 4.78 is 10.2. The monoisotopic (exact) mass is 251 g/mol. The number of nitrogens with one attached hydrogen (secondary N) is 1. The van der Waals surface area contributed by atoms with Crippen molar-refractivity contribution in [3.8, 4) is 17.6 Å². The molecule has 0 heterocycles. The van der Waals surface area contributed by atoms with Gasteiger partial charge in [0.2, 0.25) is 5.75 Å². The summed E-state index contributed by atoms with van der Waals surface area (Å²) in [5, 5.41) is 22.3. The van der Waals surface area contributed by atoms with Crippen LogP contribution < -0.4 is 14.8 Å². The molecule has 0 bridgehead atoms. The number of ether oxygens (including phenoxy) is 2. The maximum atomic E-state index is 10.8. The molecular weight excluding hydrogens is 238 g/mol. The number of hydrogen-bond donors (Lipinski definition) is 1. The molecule has 7 nitrogen and oxygen atoms in total. The van der Waals surface area contributed by atoms with Gasteiger partial charge in [0.25, 0.3) is 0 Å². The Kier molecular flexibility index (Phi) is 4.90. The van der Waals surface area contributed by atoms with Crippen molar-refractivity contribution in [3.05, 3.63) is 28.3 Å². The molecule has 0 aliphatic rings. The highest BCUT2D eigenvalue weighted by Gasteiger charge is 2.17. The molecule has 0 fully saturated rings. The molecule has 0 saturated heterocycles. The van der Waals surface area contributed by atoms with E-state index in [9.17, 15) is 10.1 Å². The Bertz CT molecular complexity index is 470. The summed E-state index contributed by atoms with van der Waals surface area (Å²) in [6, 6.07) is 5.63. The minimum Gasteiger partial charge on any atom is -0.497 e. The fraction of sp³-hybridized carbons (Fsp3) is 0.364. The lowest BCUT2D eigenvalue weighted by Crippen LogP contribution is -2.30. The van der Waals surface area contributed by atoms with E-state index in [0.717, 1.165) is 0 Å². The molecule has 18 heavy (non-hydrogen) atoms. The Labute approximate surface area is 104 Å². The number of nitrogens with zero attached hydrogens (tertiary/aromatic N) is 2.